The number of hydrogen-bond acceptors (Lipinski definition) is 1. The number of aryl methyl sites for hydroxylation is 1. The first-order chi connectivity index (χ1) is 8.11. The third-order valence-electron chi connectivity index (χ3n) is 3.20. The molecule has 0 heterocycles. The summed E-state index contributed by atoms with van der Waals surface area (Å²) in [6.07, 6.45) is 2.55. The molecule has 1 aliphatic rings. The van der Waals surface area contributed by atoms with Gasteiger partial charge in [-0.05, 0) is 60.7 Å². The second-order valence-electron chi connectivity index (χ2n) is 4.77. The molecule has 0 aliphatic heterocycles. The van der Waals surface area contributed by atoms with Crippen molar-refractivity contribution in [3.8, 4) is 0 Å². The maximum atomic E-state index is 12.4. The topological polar surface area (TPSA) is 20.3 Å². The minimum atomic E-state index is 0.148. The fourth-order valence-electron chi connectivity index (χ4n) is 1.94. The molecule has 0 radical (unpaired) electrons. The summed E-state index contributed by atoms with van der Waals surface area (Å²) < 4.78 is 0.891. The predicted octanol–water partition coefficient (Wildman–Crippen LogP) is 3.63. The van der Waals surface area contributed by atoms with Crippen molar-refractivity contribution in [2.45, 2.75) is 26.7 Å². The van der Waals surface area contributed by atoms with E-state index in [2.05, 4.69) is 15.9 Å². The van der Waals surface area contributed by atoms with Gasteiger partial charge < -0.3 is 4.90 Å². The molecular weight excluding hydrogens is 278 g/mol. The van der Waals surface area contributed by atoms with Gasteiger partial charge in [-0.2, -0.15) is 0 Å². The number of amides is 1. The van der Waals surface area contributed by atoms with E-state index in [9.17, 15) is 4.79 Å². The van der Waals surface area contributed by atoms with Crippen molar-refractivity contribution in [2.24, 2.45) is 5.92 Å². The van der Waals surface area contributed by atoms with Crippen LogP contribution in [-0.2, 0) is 0 Å². The van der Waals surface area contributed by atoms with Gasteiger partial charge in [-0.15, -0.1) is 0 Å². The molecule has 2 rings (SSSR count). The molecule has 0 spiro atoms. The standard InChI is InChI=1S/C14H18BrNO/c1-3-16(9-11-5-6-11)14(17)12-8-10(2)4-7-13(12)15/h4,7-8,11H,3,5-6,9H2,1-2H3. The molecule has 1 aromatic carbocycles. The van der Waals surface area contributed by atoms with Gasteiger partial charge in [0.15, 0.2) is 0 Å². The van der Waals surface area contributed by atoms with Gasteiger partial charge in [0.1, 0.15) is 0 Å². The van der Waals surface area contributed by atoms with E-state index in [0.717, 1.165) is 34.6 Å². The molecule has 0 bridgehead atoms. The minimum Gasteiger partial charge on any atom is -0.339 e. The molecular formula is C14H18BrNO. The molecule has 2 nitrogen and oxygen atoms in total. The number of nitrogens with zero attached hydrogens (tertiary/aromatic N) is 1. The van der Waals surface area contributed by atoms with Crippen LogP contribution in [0, 0.1) is 12.8 Å². The first-order valence-electron chi connectivity index (χ1n) is 6.17. The molecule has 3 heteroatoms. The Morgan fingerprint density at radius 3 is 2.76 bits per heavy atom. The molecule has 1 fully saturated rings. The third-order valence-corrected chi connectivity index (χ3v) is 3.89. The average molecular weight is 296 g/mol. The van der Waals surface area contributed by atoms with Crippen molar-refractivity contribution < 1.29 is 4.79 Å². The Hall–Kier alpha value is -0.830. The van der Waals surface area contributed by atoms with Gasteiger partial charge in [-0.3, -0.25) is 4.79 Å². The van der Waals surface area contributed by atoms with Gasteiger partial charge in [0.2, 0.25) is 0 Å². The first-order valence-corrected chi connectivity index (χ1v) is 6.96. The number of carbonyl (C=O) groups excluding carboxylic acids is 1. The summed E-state index contributed by atoms with van der Waals surface area (Å²) >= 11 is 3.46. The van der Waals surface area contributed by atoms with Crippen LogP contribution in [0.15, 0.2) is 22.7 Å². The Kier molecular flexibility index (Phi) is 3.87. The van der Waals surface area contributed by atoms with Gasteiger partial charge in [0, 0.05) is 17.6 Å². The van der Waals surface area contributed by atoms with Crippen molar-refractivity contribution in [3.05, 3.63) is 33.8 Å². The summed E-state index contributed by atoms with van der Waals surface area (Å²) in [5.41, 5.74) is 1.91. The Morgan fingerprint density at radius 1 is 1.47 bits per heavy atom. The number of rotatable bonds is 4. The Morgan fingerprint density at radius 2 is 2.18 bits per heavy atom. The Labute approximate surface area is 111 Å². The van der Waals surface area contributed by atoms with Crippen LogP contribution >= 0.6 is 15.9 Å². The molecule has 92 valence electrons. The number of benzene rings is 1. The third kappa shape index (κ3) is 3.09. The second-order valence-corrected chi connectivity index (χ2v) is 5.62. The second kappa shape index (κ2) is 5.21. The maximum absolute atomic E-state index is 12.4. The van der Waals surface area contributed by atoms with Crippen LogP contribution in [0.2, 0.25) is 0 Å². The van der Waals surface area contributed by atoms with Crippen molar-refractivity contribution in [1.29, 1.82) is 0 Å². The number of halogens is 1. The lowest BCUT2D eigenvalue weighted by Crippen LogP contribution is -2.33. The fraction of sp³-hybridized carbons (Fsp3) is 0.500. The first kappa shape index (κ1) is 12.6. The summed E-state index contributed by atoms with van der Waals surface area (Å²) in [7, 11) is 0. The molecule has 0 N–H and O–H groups in total. The van der Waals surface area contributed by atoms with Crippen LogP contribution in [0.5, 0.6) is 0 Å². The lowest BCUT2D eigenvalue weighted by atomic mass is 10.1. The fourth-order valence-corrected chi connectivity index (χ4v) is 2.36. The normalized spacial score (nSPS) is 14.8. The van der Waals surface area contributed by atoms with Crippen molar-refractivity contribution in [3.63, 3.8) is 0 Å². The Balaban J connectivity index is 2.18. The minimum absolute atomic E-state index is 0.148. The number of carbonyl (C=O) groups is 1. The molecule has 1 amide bonds. The van der Waals surface area contributed by atoms with Crippen LogP contribution in [0.4, 0.5) is 0 Å². The van der Waals surface area contributed by atoms with Gasteiger partial charge >= 0.3 is 0 Å². The quantitative estimate of drug-likeness (QED) is 0.831. The van der Waals surface area contributed by atoms with Gasteiger partial charge in [-0.25, -0.2) is 0 Å². The highest BCUT2D eigenvalue weighted by atomic mass is 79.9. The van der Waals surface area contributed by atoms with E-state index in [0.29, 0.717) is 0 Å². The highest BCUT2D eigenvalue weighted by Gasteiger charge is 2.27. The van der Waals surface area contributed by atoms with E-state index < -0.39 is 0 Å². The molecule has 0 unspecified atom stereocenters. The van der Waals surface area contributed by atoms with Crippen molar-refractivity contribution in [2.75, 3.05) is 13.1 Å². The average Bonchev–Trinajstić information content (AvgIpc) is 3.12. The van der Waals surface area contributed by atoms with Crippen LogP contribution in [0.25, 0.3) is 0 Å². The van der Waals surface area contributed by atoms with E-state index in [-0.39, 0.29) is 5.91 Å². The van der Waals surface area contributed by atoms with E-state index in [1.165, 1.54) is 12.8 Å². The molecule has 1 aliphatic carbocycles. The zero-order chi connectivity index (χ0) is 12.4. The van der Waals surface area contributed by atoms with E-state index in [1.807, 2.05) is 36.9 Å². The largest absolute Gasteiger partial charge is 0.339 e. The van der Waals surface area contributed by atoms with Crippen LogP contribution in [-0.4, -0.2) is 23.9 Å². The van der Waals surface area contributed by atoms with Gasteiger partial charge in [0.25, 0.3) is 5.91 Å². The summed E-state index contributed by atoms with van der Waals surface area (Å²) in [5, 5.41) is 0. The van der Waals surface area contributed by atoms with E-state index in [4.69, 9.17) is 0 Å². The van der Waals surface area contributed by atoms with E-state index >= 15 is 0 Å². The smallest absolute Gasteiger partial charge is 0.255 e. The summed E-state index contributed by atoms with van der Waals surface area (Å²) in [4.78, 5) is 14.4. The summed E-state index contributed by atoms with van der Waals surface area (Å²) in [5.74, 6) is 0.887. The summed E-state index contributed by atoms with van der Waals surface area (Å²) in [6, 6.07) is 5.92. The highest BCUT2D eigenvalue weighted by Crippen LogP contribution is 2.30. The van der Waals surface area contributed by atoms with Crippen LogP contribution in [0.3, 0.4) is 0 Å². The van der Waals surface area contributed by atoms with Crippen LogP contribution in [0.1, 0.15) is 35.7 Å². The molecule has 0 aromatic heterocycles. The lowest BCUT2D eigenvalue weighted by molar-refractivity contribution is 0.0756. The van der Waals surface area contributed by atoms with Gasteiger partial charge in [0.05, 0.1) is 5.56 Å². The van der Waals surface area contributed by atoms with Crippen molar-refractivity contribution in [1.82, 2.24) is 4.90 Å². The lowest BCUT2D eigenvalue weighted by Gasteiger charge is -2.21. The zero-order valence-electron chi connectivity index (χ0n) is 10.4. The molecule has 0 saturated heterocycles. The molecule has 1 aromatic rings. The SMILES string of the molecule is CCN(CC1CC1)C(=O)c1cc(C)ccc1Br. The number of hydrogen-bond donors (Lipinski definition) is 0. The zero-order valence-corrected chi connectivity index (χ0v) is 12.0. The predicted molar refractivity (Wildman–Crippen MR) is 73.2 cm³/mol. The Bertz CT molecular complexity index is 426. The summed E-state index contributed by atoms with van der Waals surface area (Å²) in [6.45, 7) is 5.76. The molecule has 17 heavy (non-hydrogen) atoms. The highest BCUT2D eigenvalue weighted by molar-refractivity contribution is 9.10. The van der Waals surface area contributed by atoms with Gasteiger partial charge in [-0.1, -0.05) is 11.6 Å². The van der Waals surface area contributed by atoms with E-state index in [1.54, 1.807) is 0 Å². The molecule has 1 saturated carbocycles. The molecule has 0 atom stereocenters. The van der Waals surface area contributed by atoms with Crippen LogP contribution < -0.4 is 0 Å². The maximum Gasteiger partial charge on any atom is 0.255 e. The van der Waals surface area contributed by atoms with Crippen molar-refractivity contribution >= 4 is 21.8 Å². The monoisotopic (exact) mass is 295 g/mol.